The van der Waals surface area contributed by atoms with Crippen molar-refractivity contribution in [2.24, 2.45) is 0 Å². The molecular weight excluding hydrogens is 262 g/mol. The summed E-state index contributed by atoms with van der Waals surface area (Å²) in [4.78, 5) is 33.9. The molecule has 1 aliphatic rings. The van der Waals surface area contributed by atoms with Crippen molar-refractivity contribution in [3.05, 3.63) is 29.8 Å². The number of carbonyl (C=O) groups excluding carboxylic acids is 3. The number of hydrogen-bond acceptors (Lipinski definition) is 4. The Morgan fingerprint density at radius 1 is 1.40 bits per heavy atom. The molecule has 1 heterocycles. The van der Waals surface area contributed by atoms with Gasteiger partial charge in [0.15, 0.2) is 0 Å². The Morgan fingerprint density at radius 3 is 2.85 bits per heavy atom. The van der Waals surface area contributed by atoms with Crippen LogP contribution in [-0.2, 0) is 16.0 Å². The van der Waals surface area contributed by atoms with Gasteiger partial charge >= 0.3 is 6.03 Å². The van der Waals surface area contributed by atoms with Gasteiger partial charge < -0.3 is 15.4 Å². The van der Waals surface area contributed by atoms with Crippen LogP contribution in [0, 0.1) is 0 Å². The van der Waals surface area contributed by atoms with Crippen molar-refractivity contribution >= 4 is 17.8 Å². The van der Waals surface area contributed by atoms with Gasteiger partial charge in [0.05, 0.1) is 13.5 Å². The molecule has 4 amide bonds. The van der Waals surface area contributed by atoms with Crippen LogP contribution < -0.4 is 20.7 Å². The first-order chi connectivity index (χ1) is 9.58. The van der Waals surface area contributed by atoms with Crippen molar-refractivity contribution in [2.75, 3.05) is 13.7 Å². The van der Waals surface area contributed by atoms with Crippen LogP contribution in [-0.4, -0.2) is 37.5 Å². The van der Waals surface area contributed by atoms with Gasteiger partial charge in [0.1, 0.15) is 11.8 Å². The molecule has 1 fully saturated rings. The van der Waals surface area contributed by atoms with Gasteiger partial charge in [-0.3, -0.25) is 14.9 Å². The Labute approximate surface area is 115 Å². The van der Waals surface area contributed by atoms with Gasteiger partial charge in [0.25, 0.3) is 5.91 Å². The van der Waals surface area contributed by atoms with Crippen LogP contribution in [0.1, 0.15) is 5.56 Å². The van der Waals surface area contributed by atoms with Crippen molar-refractivity contribution in [1.29, 1.82) is 0 Å². The van der Waals surface area contributed by atoms with E-state index < -0.39 is 18.0 Å². The second kappa shape index (κ2) is 6.05. The van der Waals surface area contributed by atoms with Crippen LogP contribution in [0.2, 0.25) is 0 Å². The highest BCUT2D eigenvalue weighted by atomic mass is 16.5. The van der Waals surface area contributed by atoms with E-state index in [4.69, 9.17) is 4.74 Å². The maximum Gasteiger partial charge on any atom is 0.322 e. The Balaban J connectivity index is 1.83. The van der Waals surface area contributed by atoms with Gasteiger partial charge in [-0.1, -0.05) is 12.1 Å². The third-order valence-corrected chi connectivity index (χ3v) is 2.86. The first-order valence-corrected chi connectivity index (χ1v) is 6.09. The Morgan fingerprint density at radius 2 is 2.20 bits per heavy atom. The highest BCUT2D eigenvalue weighted by Gasteiger charge is 2.29. The van der Waals surface area contributed by atoms with Crippen molar-refractivity contribution in [3.8, 4) is 5.75 Å². The number of imide groups is 1. The number of benzene rings is 1. The maximum absolute atomic E-state index is 11.8. The highest BCUT2D eigenvalue weighted by Crippen LogP contribution is 2.12. The number of nitrogens with one attached hydrogen (secondary N) is 3. The van der Waals surface area contributed by atoms with E-state index in [1.807, 2.05) is 6.07 Å². The third-order valence-electron chi connectivity index (χ3n) is 2.86. The minimum atomic E-state index is -0.711. The molecule has 1 aliphatic heterocycles. The van der Waals surface area contributed by atoms with Crippen LogP contribution in [0.25, 0.3) is 0 Å². The zero-order valence-electron chi connectivity index (χ0n) is 10.9. The number of rotatable bonds is 5. The van der Waals surface area contributed by atoms with E-state index in [9.17, 15) is 14.4 Å². The lowest BCUT2D eigenvalue weighted by atomic mass is 10.1. The molecule has 0 aliphatic carbocycles. The third kappa shape index (κ3) is 3.47. The molecule has 0 spiro atoms. The fourth-order valence-corrected chi connectivity index (χ4v) is 1.85. The van der Waals surface area contributed by atoms with E-state index in [2.05, 4.69) is 16.0 Å². The van der Waals surface area contributed by atoms with Crippen LogP contribution in [0.15, 0.2) is 24.3 Å². The van der Waals surface area contributed by atoms with Crippen LogP contribution in [0.3, 0.4) is 0 Å². The van der Waals surface area contributed by atoms with Gasteiger partial charge in [-0.25, -0.2) is 4.79 Å². The lowest BCUT2D eigenvalue weighted by Crippen LogP contribution is -2.42. The molecule has 7 heteroatoms. The number of amides is 4. The van der Waals surface area contributed by atoms with Gasteiger partial charge in [0, 0.05) is 6.54 Å². The van der Waals surface area contributed by atoms with E-state index in [1.54, 1.807) is 25.3 Å². The van der Waals surface area contributed by atoms with Gasteiger partial charge in [-0.2, -0.15) is 0 Å². The molecular formula is C13H15N3O4. The number of urea groups is 1. The molecule has 106 valence electrons. The fourth-order valence-electron chi connectivity index (χ4n) is 1.85. The second-order valence-electron chi connectivity index (χ2n) is 4.35. The summed E-state index contributed by atoms with van der Waals surface area (Å²) >= 11 is 0. The van der Waals surface area contributed by atoms with Gasteiger partial charge in [-0.05, 0) is 17.7 Å². The summed E-state index contributed by atoms with van der Waals surface area (Å²) in [6.07, 6.45) is 0.180. The standard InChI is InChI=1S/C13H15N3O4/c1-20-9-4-2-3-8(5-9)6-11(17)14-7-10-12(18)16-13(19)15-10/h2-5,10H,6-7H2,1H3,(H,14,17)(H2,15,16,18,19). The minimum absolute atomic E-state index is 0.0698. The maximum atomic E-state index is 11.8. The topological polar surface area (TPSA) is 96.5 Å². The number of hydrogen-bond donors (Lipinski definition) is 3. The van der Waals surface area contributed by atoms with E-state index in [0.717, 1.165) is 5.56 Å². The first kappa shape index (κ1) is 13.9. The molecule has 1 saturated heterocycles. The van der Waals surface area contributed by atoms with E-state index in [1.165, 1.54) is 0 Å². The zero-order valence-corrected chi connectivity index (χ0v) is 10.9. The predicted octanol–water partition coefficient (Wildman–Crippen LogP) is -0.438. The van der Waals surface area contributed by atoms with Crippen molar-refractivity contribution in [1.82, 2.24) is 16.0 Å². The molecule has 1 atom stereocenters. The van der Waals surface area contributed by atoms with Crippen molar-refractivity contribution in [2.45, 2.75) is 12.5 Å². The molecule has 0 bridgehead atoms. The van der Waals surface area contributed by atoms with E-state index in [0.29, 0.717) is 5.75 Å². The van der Waals surface area contributed by atoms with Crippen LogP contribution in [0.4, 0.5) is 4.79 Å². The Kier molecular flexibility index (Phi) is 4.19. The van der Waals surface area contributed by atoms with E-state index >= 15 is 0 Å². The fraction of sp³-hybridized carbons (Fsp3) is 0.308. The average Bonchev–Trinajstić information content (AvgIpc) is 2.75. The lowest BCUT2D eigenvalue weighted by Gasteiger charge is -2.09. The predicted molar refractivity (Wildman–Crippen MR) is 70.2 cm³/mol. The second-order valence-corrected chi connectivity index (χ2v) is 4.35. The summed E-state index contributed by atoms with van der Waals surface area (Å²) in [6, 6.07) is 5.92. The molecule has 0 aromatic heterocycles. The highest BCUT2D eigenvalue weighted by molar-refractivity contribution is 6.04. The number of ether oxygens (including phenoxy) is 1. The molecule has 2 rings (SSSR count). The van der Waals surface area contributed by atoms with Crippen LogP contribution >= 0.6 is 0 Å². The molecule has 20 heavy (non-hydrogen) atoms. The quantitative estimate of drug-likeness (QED) is 0.636. The average molecular weight is 277 g/mol. The summed E-state index contributed by atoms with van der Waals surface area (Å²) in [5, 5.41) is 7.11. The Bertz CT molecular complexity index is 544. The molecule has 0 saturated carbocycles. The van der Waals surface area contributed by atoms with Crippen LogP contribution in [0.5, 0.6) is 5.75 Å². The largest absolute Gasteiger partial charge is 0.497 e. The summed E-state index contributed by atoms with van der Waals surface area (Å²) in [5.41, 5.74) is 0.807. The molecule has 1 aromatic carbocycles. The lowest BCUT2D eigenvalue weighted by molar-refractivity contribution is -0.121. The Hall–Kier alpha value is -2.57. The first-order valence-electron chi connectivity index (χ1n) is 6.09. The summed E-state index contributed by atoms with van der Waals surface area (Å²) in [7, 11) is 1.56. The smallest absolute Gasteiger partial charge is 0.322 e. The molecule has 0 radical (unpaired) electrons. The molecule has 7 nitrogen and oxygen atoms in total. The summed E-state index contributed by atoms with van der Waals surface area (Å²) in [6.45, 7) is 0.0698. The number of carbonyl (C=O) groups is 3. The monoisotopic (exact) mass is 277 g/mol. The summed E-state index contributed by atoms with van der Waals surface area (Å²) < 4.78 is 5.07. The van der Waals surface area contributed by atoms with Gasteiger partial charge in [0.2, 0.25) is 5.91 Å². The molecule has 3 N–H and O–H groups in total. The number of methoxy groups -OCH3 is 1. The molecule has 1 aromatic rings. The van der Waals surface area contributed by atoms with Gasteiger partial charge in [-0.15, -0.1) is 0 Å². The minimum Gasteiger partial charge on any atom is -0.497 e. The van der Waals surface area contributed by atoms with Crippen molar-refractivity contribution in [3.63, 3.8) is 0 Å². The van der Waals surface area contributed by atoms with E-state index in [-0.39, 0.29) is 18.9 Å². The zero-order chi connectivity index (χ0) is 14.5. The summed E-state index contributed by atoms with van der Waals surface area (Å²) in [5.74, 6) is 0.0154. The normalized spacial score (nSPS) is 17.4. The SMILES string of the molecule is COc1cccc(CC(=O)NCC2NC(=O)NC2=O)c1. The van der Waals surface area contributed by atoms with Crippen molar-refractivity contribution < 1.29 is 19.1 Å². The molecule has 1 unspecified atom stereocenters.